The molecule has 0 saturated carbocycles. The molecular weight excluding hydrogens is 318 g/mol. The molecule has 0 aliphatic carbocycles. The fourth-order valence-electron chi connectivity index (χ4n) is 2.42. The van der Waals surface area contributed by atoms with Crippen LogP contribution in [0.5, 0.6) is 0 Å². The summed E-state index contributed by atoms with van der Waals surface area (Å²) in [6, 6.07) is 3.26. The molecule has 1 aliphatic rings. The van der Waals surface area contributed by atoms with Gasteiger partial charge >= 0.3 is 5.97 Å². The highest BCUT2D eigenvalue weighted by Crippen LogP contribution is 2.19. The predicted octanol–water partition coefficient (Wildman–Crippen LogP) is 0.684. The first-order valence-corrected chi connectivity index (χ1v) is 8.48. The quantitative estimate of drug-likeness (QED) is 0.626. The molecule has 0 unspecified atom stereocenters. The summed E-state index contributed by atoms with van der Waals surface area (Å²) in [5.41, 5.74) is 5.61. The van der Waals surface area contributed by atoms with Gasteiger partial charge in [-0.3, -0.25) is 9.59 Å². The van der Waals surface area contributed by atoms with E-state index in [1.165, 1.54) is 11.8 Å². The van der Waals surface area contributed by atoms with Crippen molar-refractivity contribution in [1.29, 1.82) is 0 Å². The number of aromatic nitrogens is 1. The molecule has 8 heteroatoms. The van der Waals surface area contributed by atoms with E-state index in [-0.39, 0.29) is 24.3 Å². The van der Waals surface area contributed by atoms with Gasteiger partial charge in [-0.1, -0.05) is 0 Å². The number of carbonyl (C=O) groups is 3. The Morgan fingerprint density at radius 3 is 2.70 bits per heavy atom. The number of pyridine rings is 1. The smallest absolute Gasteiger partial charge is 0.341 e. The number of carbonyl (C=O) groups excluding carboxylic acids is 3. The molecule has 1 aliphatic heterocycles. The van der Waals surface area contributed by atoms with E-state index in [2.05, 4.69) is 4.98 Å². The van der Waals surface area contributed by atoms with Gasteiger partial charge in [0.2, 0.25) is 5.91 Å². The van der Waals surface area contributed by atoms with Crippen molar-refractivity contribution in [3.63, 3.8) is 0 Å². The Morgan fingerprint density at radius 2 is 2.09 bits per heavy atom. The molecule has 0 aromatic carbocycles. The number of piperidine rings is 1. The molecule has 0 radical (unpaired) electrons. The van der Waals surface area contributed by atoms with Gasteiger partial charge in [-0.15, -0.1) is 11.8 Å². The lowest BCUT2D eigenvalue weighted by Crippen LogP contribution is -2.43. The van der Waals surface area contributed by atoms with Crippen molar-refractivity contribution >= 4 is 29.5 Å². The van der Waals surface area contributed by atoms with E-state index >= 15 is 0 Å². The standard InChI is InChI=1S/C15H19N3O4S/c1-23-14-11(3-2-6-17-14)15(21)22-9-12(19)18-7-4-10(5-8-18)13(16)20/h2-3,6,10H,4-5,7-9H2,1H3,(H2,16,20). The van der Waals surface area contributed by atoms with Crippen molar-refractivity contribution in [2.24, 2.45) is 11.7 Å². The van der Waals surface area contributed by atoms with Crippen molar-refractivity contribution in [1.82, 2.24) is 9.88 Å². The van der Waals surface area contributed by atoms with Crippen LogP contribution in [-0.2, 0) is 14.3 Å². The van der Waals surface area contributed by atoms with E-state index in [1.54, 1.807) is 23.2 Å². The molecule has 23 heavy (non-hydrogen) atoms. The summed E-state index contributed by atoms with van der Waals surface area (Å²) in [6.45, 7) is 0.586. The number of primary amides is 1. The number of esters is 1. The van der Waals surface area contributed by atoms with E-state index < -0.39 is 5.97 Å². The average molecular weight is 337 g/mol. The van der Waals surface area contributed by atoms with Gasteiger partial charge in [-0.25, -0.2) is 9.78 Å². The molecule has 124 valence electrons. The second-order valence-corrected chi connectivity index (χ2v) is 5.99. The highest BCUT2D eigenvalue weighted by molar-refractivity contribution is 7.98. The summed E-state index contributed by atoms with van der Waals surface area (Å²) in [5.74, 6) is -1.34. The SMILES string of the molecule is CSc1ncccc1C(=O)OCC(=O)N1CCC(C(N)=O)CC1. The Labute approximate surface area is 138 Å². The molecule has 1 fully saturated rings. The monoisotopic (exact) mass is 337 g/mol. The van der Waals surface area contributed by atoms with Crippen LogP contribution in [0.4, 0.5) is 0 Å². The van der Waals surface area contributed by atoms with Crippen LogP contribution in [-0.4, -0.2) is 53.6 Å². The maximum atomic E-state index is 12.1. The maximum absolute atomic E-state index is 12.1. The zero-order valence-electron chi connectivity index (χ0n) is 12.9. The first-order chi connectivity index (χ1) is 11.0. The highest BCUT2D eigenvalue weighted by atomic mass is 32.2. The summed E-state index contributed by atoms with van der Waals surface area (Å²) in [4.78, 5) is 40.9. The predicted molar refractivity (Wildman–Crippen MR) is 84.8 cm³/mol. The number of hydrogen-bond donors (Lipinski definition) is 1. The lowest BCUT2D eigenvalue weighted by atomic mass is 9.96. The van der Waals surface area contributed by atoms with Crippen molar-refractivity contribution in [2.45, 2.75) is 17.9 Å². The van der Waals surface area contributed by atoms with Gasteiger partial charge in [0.1, 0.15) is 5.03 Å². The van der Waals surface area contributed by atoms with Crippen LogP contribution in [0, 0.1) is 5.92 Å². The molecule has 2 N–H and O–H groups in total. The van der Waals surface area contributed by atoms with Crippen molar-refractivity contribution in [3.8, 4) is 0 Å². The zero-order chi connectivity index (χ0) is 16.8. The number of thioether (sulfide) groups is 1. The first-order valence-electron chi connectivity index (χ1n) is 7.26. The topological polar surface area (TPSA) is 103 Å². The minimum Gasteiger partial charge on any atom is -0.452 e. The summed E-state index contributed by atoms with van der Waals surface area (Å²) >= 11 is 1.34. The van der Waals surface area contributed by atoms with Gasteiger partial charge in [0, 0.05) is 25.2 Å². The van der Waals surface area contributed by atoms with E-state index in [0.717, 1.165) is 0 Å². The lowest BCUT2D eigenvalue weighted by Gasteiger charge is -2.30. The van der Waals surface area contributed by atoms with Crippen molar-refractivity contribution in [2.75, 3.05) is 26.0 Å². The molecule has 0 atom stereocenters. The Bertz CT molecular complexity index is 600. The number of nitrogens with zero attached hydrogens (tertiary/aromatic N) is 2. The van der Waals surface area contributed by atoms with Crippen molar-refractivity contribution in [3.05, 3.63) is 23.9 Å². The Morgan fingerprint density at radius 1 is 1.39 bits per heavy atom. The average Bonchev–Trinajstić information content (AvgIpc) is 2.59. The number of rotatable bonds is 5. The Balaban J connectivity index is 1.85. The minimum atomic E-state index is -0.567. The molecule has 2 heterocycles. The number of likely N-dealkylation sites (tertiary alicyclic amines) is 1. The van der Waals surface area contributed by atoms with Crippen LogP contribution in [0.1, 0.15) is 23.2 Å². The molecule has 0 spiro atoms. The summed E-state index contributed by atoms with van der Waals surface area (Å²) < 4.78 is 5.08. The molecule has 0 bridgehead atoms. The van der Waals surface area contributed by atoms with E-state index in [4.69, 9.17) is 10.5 Å². The van der Waals surface area contributed by atoms with E-state index in [1.807, 2.05) is 6.26 Å². The molecule has 2 rings (SSSR count). The van der Waals surface area contributed by atoms with Gasteiger partial charge in [0.25, 0.3) is 5.91 Å². The van der Waals surface area contributed by atoms with Gasteiger partial charge in [-0.05, 0) is 31.2 Å². The largest absolute Gasteiger partial charge is 0.452 e. The minimum absolute atomic E-state index is 0.180. The van der Waals surface area contributed by atoms with Crippen LogP contribution in [0.15, 0.2) is 23.4 Å². The molecule has 1 saturated heterocycles. The van der Waals surface area contributed by atoms with E-state index in [0.29, 0.717) is 36.5 Å². The summed E-state index contributed by atoms with van der Waals surface area (Å²) in [5, 5.41) is 0.562. The number of nitrogens with two attached hydrogens (primary N) is 1. The molecule has 2 amide bonds. The molecule has 7 nitrogen and oxygen atoms in total. The fourth-order valence-corrected chi connectivity index (χ4v) is 2.96. The Hall–Kier alpha value is -2.09. The Kier molecular flexibility index (Phi) is 5.97. The van der Waals surface area contributed by atoms with Crippen LogP contribution in [0.2, 0.25) is 0 Å². The van der Waals surface area contributed by atoms with Crippen LogP contribution in [0.3, 0.4) is 0 Å². The highest BCUT2D eigenvalue weighted by Gasteiger charge is 2.26. The third-order valence-corrected chi connectivity index (χ3v) is 4.47. The van der Waals surface area contributed by atoms with Gasteiger partial charge < -0.3 is 15.4 Å². The van der Waals surface area contributed by atoms with Gasteiger partial charge in [0.15, 0.2) is 6.61 Å². The summed E-state index contributed by atoms with van der Waals surface area (Å²) in [7, 11) is 0. The second kappa shape index (κ2) is 7.96. The lowest BCUT2D eigenvalue weighted by molar-refractivity contribution is -0.137. The third-order valence-electron chi connectivity index (χ3n) is 3.76. The summed E-state index contributed by atoms with van der Waals surface area (Å²) in [6.07, 6.45) is 4.51. The third kappa shape index (κ3) is 4.44. The maximum Gasteiger partial charge on any atom is 0.341 e. The number of ether oxygens (including phenoxy) is 1. The van der Waals surface area contributed by atoms with Crippen molar-refractivity contribution < 1.29 is 19.1 Å². The van der Waals surface area contributed by atoms with Crippen LogP contribution in [0.25, 0.3) is 0 Å². The van der Waals surface area contributed by atoms with E-state index in [9.17, 15) is 14.4 Å². The molecule has 1 aromatic rings. The number of amides is 2. The normalized spacial score (nSPS) is 15.3. The first kappa shape index (κ1) is 17.3. The van der Waals surface area contributed by atoms with Gasteiger partial charge in [-0.2, -0.15) is 0 Å². The second-order valence-electron chi connectivity index (χ2n) is 5.19. The van der Waals surface area contributed by atoms with Gasteiger partial charge in [0.05, 0.1) is 5.56 Å². The van der Waals surface area contributed by atoms with Crippen LogP contribution < -0.4 is 5.73 Å². The molecule has 1 aromatic heterocycles. The van der Waals surface area contributed by atoms with Crippen LogP contribution >= 0.6 is 11.8 Å². The molecular formula is C15H19N3O4S. The zero-order valence-corrected chi connectivity index (χ0v) is 13.7. The fraction of sp³-hybridized carbons (Fsp3) is 0.467. The number of hydrogen-bond acceptors (Lipinski definition) is 6.